The Balaban J connectivity index is 1.33. The molecule has 1 unspecified atom stereocenters. The quantitative estimate of drug-likeness (QED) is 0.780. The van der Waals surface area contributed by atoms with E-state index in [0.717, 1.165) is 43.6 Å². The number of fused-ring (bicyclic) bond motifs is 1. The fourth-order valence-corrected chi connectivity index (χ4v) is 4.82. The minimum absolute atomic E-state index is 0.0142. The van der Waals surface area contributed by atoms with Gasteiger partial charge in [-0.15, -0.1) is 11.3 Å². The van der Waals surface area contributed by atoms with Crippen molar-refractivity contribution < 1.29 is 18.0 Å². The highest BCUT2D eigenvalue weighted by molar-refractivity contribution is 7.10. The second kappa shape index (κ2) is 7.28. The van der Waals surface area contributed by atoms with Gasteiger partial charge in [0.2, 0.25) is 5.91 Å². The lowest BCUT2D eigenvalue weighted by atomic mass is 10.0. The molecule has 1 atom stereocenters. The van der Waals surface area contributed by atoms with Crippen LogP contribution in [0, 0.1) is 5.92 Å². The standard InChI is InChI=1S/C20H21F3N2OS/c21-20(22,23)17-3-1-14(2-4-17)11-24-8-5-16(12-24)19(26)25-9-6-18-15(13-25)7-10-27-18/h1-4,7,10,16H,5-6,8-9,11-13H2. The molecule has 1 aromatic heterocycles. The summed E-state index contributed by atoms with van der Waals surface area (Å²) >= 11 is 1.76. The molecule has 7 heteroatoms. The van der Waals surface area contributed by atoms with Crippen LogP contribution in [0.25, 0.3) is 0 Å². The Morgan fingerprint density at radius 3 is 2.67 bits per heavy atom. The maximum absolute atomic E-state index is 12.9. The molecule has 0 N–H and O–H groups in total. The Morgan fingerprint density at radius 2 is 1.93 bits per heavy atom. The molecule has 27 heavy (non-hydrogen) atoms. The molecule has 3 heterocycles. The molecule has 0 bridgehead atoms. The van der Waals surface area contributed by atoms with E-state index < -0.39 is 11.7 Å². The van der Waals surface area contributed by atoms with Gasteiger partial charge >= 0.3 is 6.18 Å². The van der Waals surface area contributed by atoms with Crippen molar-refractivity contribution in [2.75, 3.05) is 19.6 Å². The number of carbonyl (C=O) groups excluding carboxylic acids is 1. The minimum Gasteiger partial charge on any atom is -0.338 e. The molecular formula is C20H21F3N2OS. The van der Waals surface area contributed by atoms with Crippen LogP contribution in [0.1, 0.15) is 28.0 Å². The molecule has 0 aliphatic carbocycles. The topological polar surface area (TPSA) is 23.6 Å². The molecule has 3 nitrogen and oxygen atoms in total. The number of likely N-dealkylation sites (tertiary alicyclic amines) is 1. The van der Waals surface area contributed by atoms with Gasteiger partial charge in [0.05, 0.1) is 11.5 Å². The zero-order valence-electron chi connectivity index (χ0n) is 14.8. The molecule has 2 aliphatic heterocycles. The van der Waals surface area contributed by atoms with Crippen LogP contribution < -0.4 is 0 Å². The van der Waals surface area contributed by atoms with Gasteiger partial charge in [-0.3, -0.25) is 9.69 Å². The number of carbonyl (C=O) groups is 1. The predicted octanol–water partition coefficient (Wildman–Crippen LogP) is 4.17. The summed E-state index contributed by atoms with van der Waals surface area (Å²) in [6, 6.07) is 7.41. The summed E-state index contributed by atoms with van der Waals surface area (Å²) < 4.78 is 38.0. The summed E-state index contributed by atoms with van der Waals surface area (Å²) in [5.41, 5.74) is 1.48. The van der Waals surface area contributed by atoms with Crippen LogP contribution >= 0.6 is 11.3 Å². The van der Waals surface area contributed by atoms with Gasteiger partial charge in [-0.1, -0.05) is 12.1 Å². The number of amides is 1. The minimum atomic E-state index is -4.31. The molecule has 2 aliphatic rings. The van der Waals surface area contributed by atoms with Gasteiger partial charge < -0.3 is 4.90 Å². The van der Waals surface area contributed by atoms with Crippen molar-refractivity contribution in [1.29, 1.82) is 0 Å². The van der Waals surface area contributed by atoms with Gasteiger partial charge in [-0.25, -0.2) is 0 Å². The van der Waals surface area contributed by atoms with E-state index in [4.69, 9.17) is 0 Å². The zero-order chi connectivity index (χ0) is 19.0. The SMILES string of the molecule is O=C(C1CCN(Cc2ccc(C(F)(F)F)cc2)C1)N1CCc2sccc2C1. The first-order chi connectivity index (χ1) is 12.9. The summed E-state index contributed by atoms with van der Waals surface area (Å²) in [6.07, 6.45) is -2.56. The van der Waals surface area contributed by atoms with E-state index in [9.17, 15) is 18.0 Å². The highest BCUT2D eigenvalue weighted by Crippen LogP contribution is 2.30. The molecule has 1 aromatic carbocycles. The molecule has 1 fully saturated rings. The lowest BCUT2D eigenvalue weighted by Crippen LogP contribution is -2.40. The third-order valence-corrected chi connectivity index (χ3v) is 6.45. The molecule has 1 amide bonds. The highest BCUT2D eigenvalue weighted by atomic mass is 32.1. The summed E-state index contributed by atoms with van der Waals surface area (Å²) in [4.78, 5) is 18.4. The van der Waals surface area contributed by atoms with E-state index in [1.807, 2.05) is 4.90 Å². The Hall–Kier alpha value is -1.86. The molecule has 144 valence electrons. The van der Waals surface area contributed by atoms with Gasteiger partial charge in [0, 0.05) is 31.1 Å². The first-order valence-electron chi connectivity index (χ1n) is 9.12. The van der Waals surface area contributed by atoms with Crippen molar-refractivity contribution in [2.45, 2.75) is 32.1 Å². The highest BCUT2D eigenvalue weighted by Gasteiger charge is 2.33. The fraction of sp³-hybridized carbons (Fsp3) is 0.450. The van der Waals surface area contributed by atoms with Crippen molar-refractivity contribution in [3.63, 3.8) is 0 Å². The van der Waals surface area contributed by atoms with Gasteiger partial charge in [-0.2, -0.15) is 13.2 Å². The summed E-state index contributed by atoms with van der Waals surface area (Å²) in [5.74, 6) is 0.196. The van der Waals surface area contributed by atoms with Crippen molar-refractivity contribution in [2.24, 2.45) is 5.92 Å². The predicted molar refractivity (Wildman–Crippen MR) is 98.3 cm³/mol. The molecule has 0 saturated carbocycles. The fourth-order valence-electron chi connectivity index (χ4n) is 3.93. The first kappa shape index (κ1) is 18.5. The number of nitrogens with zero attached hydrogens (tertiary/aromatic N) is 2. The van der Waals surface area contributed by atoms with E-state index in [-0.39, 0.29) is 11.8 Å². The Labute approximate surface area is 160 Å². The third kappa shape index (κ3) is 4.04. The largest absolute Gasteiger partial charge is 0.416 e. The molecule has 1 saturated heterocycles. The number of hydrogen-bond acceptors (Lipinski definition) is 3. The summed E-state index contributed by atoms with van der Waals surface area (Å²) in [6.45, 7) is 3.53. The van der Waals surface area contributed by atoms with Gasteiger partial charge in [0.25, 0.3) is 0 Å². The summed E-state index contributed by atoms with van der Waals surface area (Å²) in [5, 5.41) is 2.08. The van der Waals surface area contributed by atoms with Crippen LogP contribution in [0.5, 0.6) is 0 Å². The molecule has 0 spiro atoms. The van der Waals surface area contributed by atoms with Gasteiger partial charge in [0.15, 0.2) is 0 Å². The van der Waals surface area contributed by atoms with Crippen molar-refractivity contribution in [1.82, 2.24) is 9.80 Å². The van der Waals surface area contributed by atoms with E-state index >= 15 is 0 Å². The van der Waals surface area contributed by atoms with Crippen LogP contribution in [0.4, 0.5) is 13.2 Å². The molecule has 2 aromatic rings. The number of hydrogen-bond donors (Lipinski definition) is 0. The average Bonchev–Trinajstić information content (AvgIpc) is 3.29. The second-order valence-electron chi connectivity index (χ2n) is 7.29. The number of rotatable bonds is 3. The Bertz CT molecular complexity index is 815. The van der Waals surface area contributed by atoms with E-state index in [1.54, 1.807) is 11.3 Å². The molecule has 0 radical (unpaired) electrons. The number of thiophene rings is 1. The zero-order valence-corrected chi connectivity index (χ0v) is 15.7. The van der Waals surface area contributed by atoms with E-state index in [2.05, 4.69) is 16.3 Å². The third-order valence-electron chi connectivity index (χ3n) is 5.43. The maximum Gasteiger partial charge on any atom is 0.416 e. The molecular weight excluding hydrogens is 373 g/mol. The van der Waals surface area contributed by atoms with Crippen LogP contribution in [0.2, 0.25) is 0 Å². The molecule has 4 rings (SSSR count). The lowest BCUT2D eigenvalue weighted by molar-refractivity contribution is -0.138. The van der Waals surface area contributed by atoms with E-state index in [1.165, 1.54) is 22.6 Å². The van der Waals surface area contributed by atoms with E-state index in [0.29, 0.717) is 19.6 Å². The number of alkyl halides is 3. The van der Waals surface area contributed by atoms with Gasteiger partial charge in [-0.05, 0) is 54.1 Å². The summed E-state index contributed by atoms with van der Waals surface area (Å²) in [7, 11) is 0. The van der Waals surface area contributed by atoms with Crippen molar-refractivity contribution in [3.8, 4) is 0 Å². The van der Waals surface area contributed by atoms with Gasteiger partial charge in [0.1, 0.15) is 0 Å². The van der Waals surface area contributed by atoms with Crippen LogP contribution in [0.3, 0.4) is 0 Å². The smallest absolute Gasteiger partial charge is 0.338 e. The van der Waals surface area contributed by atoms with Crippen LogP contribution in [-0.4, -0.2) is 35.3 Å². The number of halogens is 3. The van der Waals surface area contributed by atoms with Crippen molar-refractivity contribution >= 4 is 17.2 Å². The van der Waals surface area contributed by atoms with Crippen LogP contribution in [0.15, 0.2) is 35.7 Å². The second-order valence-corrected chi connectivity index (χ2v) is 8.29. The van der Waals surface area contributed by atoms with Crippen molar-refractivity contribution in [3.05, 3.63) is 57.3 Å². The lowest BCUT2D eigenvalue weighted by Gasteiger charge is -2.29. The average molecular weight is 394 g/mol. The Kier molecular flexibility index (Phi) is 4.99. The monoisotopic (exact) mass is 394 g/mol. The Morgan fingerprint density at radius 1 is 1.15 bits per heavy atom. The first-order valence-corrected chi connectivity index (χ1v) is 10.0. The normalized spacial score (nSPS) is 20.7. The maximum atomic E-state index is 12.9. The number of benzene rings is 1. The van der Waals surface area contributed by atoms with Crippen LogP contribution in [-0.2, 0) is 30.5 Å².